The fourth-order valence-corrected chi connectivity index (χ4v) is 3.88. The molecule has 1 aliphatic carbocycles. The molecule has 0 radical (unpaired) electrons. The Balaban J connectivity index is 1.96. The van der Waals surface area contributed by atoms with Crippen LogP contribution in [0.3, 0.4) is 0 Å². The molecule has 0 bridgehead atoms. The molecule has 0 N–H and O–H groups in total. The van der Waals surface area contributed by atoms with Crippen molar-refractivity contribution in [1.29, 1.82) is 0 Å². The van der Waals surface area contributed by atoms with Gasteiger partial charge >= 0.3 is 0 Å². The van der Waals surface area contributed by atoms with Gasteiger partial charge in [-0.1, -0.05) is 19.1 Å². The van der Waals surface area contributed by atoms with E-state index in [1.165, 1.54) is 17.8 Å². The van der Waals surface area contributed by atoms with Crippen molar-refractivity contribution in [2.24, 2.45) is 5.41 Å². The standard InChI is InChI=1S/C16H21ClN2/c1-3-19-14-7-5-4-6-13(14)18-15(19)11-16(2)9-8-12(17)10-16/h4-7,12H,3,8-11H2,1-2H3. The highest BCUT2D eigenvalue weighted by atomic mass is 35.5. The van der Waals surface area contributed by atoms with Gasteiger partial charge in [-0.2, -0.15) is 0 Å². The number of nitrogens with zero attached hydrogens (tertiary/aromatic N) is 2. The first-order chi connectivity index (χ1) is 9.11. The molecule has 0 aliphatic heterocycles. The summed E-state index contributed by atoms with van der Waals surface area (Å²) in [6.45, 7) is 5.53. The molecule has 0 saturated heterocycles. The molecule has 2 atom stereocenters. The molecule has 102 valence electrons. The van der Waals surface area contributed by atoms with Gasteiger partial charge in [-0.15, -0.1) is 11.6 Å². The summed E-state index contributed by atoms with van der Waals surface area (Å²) < 4.78 is 2.35. The summed E-state index contributed by atoms with van der Waals surface area (Å²) >= 11 is 6.29. The molecule has 1 aliphatic rings. The van der Waals surface area contributed by atoms with Crippen LogP contribution in [0.1, 0.15) is 38.9 Å². The van der Waals surface area contributed by atoms with Gasteiger partial charge in [-0.05, 0) is 43.7 Å². The molecule has 2 nitrogen and oxygen atoms in total. The highest BCUT2D eigenvalue weighted by Gasteiger charge is 2.35. The molecule has 19 heavy (non-hydrogen) atoms. The Bertz CT molecular complexity index is 589. The Kier molecular flexibility index (Phi) is 3.30. The number of alkyl halides is 1. The number of rotatable bonds is 3. The van der Waals surface area contributed by atoms with Crippen LogP contribution >= 0.6 is 11.6 Å². The van der Waals surface area contributed by atoms with Crippen LogP contribution in [0.25, 0.3) is 11.0 Å². The minimum absolute atomic E-state index is 0.320. The monoisotopic (exact) mass is 276 g/mol. The van der Waals surface area contributed by atoms with Gasteiger partial charge in [0.25, 0.3) is 0 Å². The number of fused-ring (bicyclic) bond motifs is 1. The Morgan fingerprint density at radius 3 is 2.89 bits per heavy atom. The minimum atomic E-state index is 0.320. The Hall–Kier alpha value is -1.02. The highest BCUT2D eigenvalue weighted by Crippen LogP contribution is 2.42. The first-order valence-corrected chi connectivity index (χ1v) is 7.63. The number of aromatic nitrogens is 2. The van der Waals surface area contributed by atoms with E-state index in [0.29, 0.717) is 10.8 Å². The molecule has 1 heterocycles. The summed E-state index contributed by atoms with van der Waals surface area (Å²) in [6, 6.07) is 8.42. The summed E-state index contributed by atoms with van der Waals surface area (Å²) in [6.07, 6.45) is 4.51. The zero-order chi connectivity index (χ0) is 13.5. The minimum Gasteiger partial charge on any atom is -0.328 e. The van der Waals surface area contributed by atoms with Crippen molar-refractivity contribution in [2.75, 3.05) is 0 Å². The molecular formula is C16H21ClN2. The lowest BCUT2D eigenvalue weighted by molar-refractivity contribution is 0.323. The number of benzene rings is 1. The van der Waals surface area contributed by atoms with Crippen molar-refractivity contribution in [3.05, 3.63) is 30.1 Å². The second-order valence-electron chi connectivity index (χ2n) is 6.09. The topological polar surface area (TPSA) is 17.8 Å². The largest absolute Gasteiger partial charge is 0.328 e. The zero-order valence-corrected chi connectivity index (χ0v) is 12.5. The first kappa shape index (κ1) is 13.0. The van der Waals surface area contributed by atoms with Gasteiger partial charge in [0.1, 0.15) is 5.82 Å². The van der Waals surface area contributed by atoms with Crippen LogP contribution in [0, 0.1) is 5.41 Å². The van der Waals surface area contributed by atoms with Crippen LogP contribution < -0.4 is 0 Å². The lowest BCUT2D eigenvalue weighted by Crippen LogP contribution is -2.19. The molecule has 2 unspecified atom stereocenters. The molecule has 2 aromatic rings. The van der Waals surface area contributed by atoms with E-state index in [4.69, 9.17) is 16.6 Å². The zero-order valence-electron chi connectivity index (χ0n) is 11.7. The van der Waals surface area contributed by atoms with Crippen LogP contribution in [0.15, 0.2) is 24.3 Å². The predicted octanol–water partition coefficient (Wildman–Crippen LogP) is 4.40. The third kappa shape index (κ3) is 2.38. The molecule has 0 amide bonds. The predicted molar refractivity (Wildman–Crippen MR) is 80.7 cm³/mol. The maximum absolute atomic E-state index is 6.29. The summed E-state index contributed by atoms with van der Waals surface area (Å²) in [5.74, 6) is 1.22. The maximum atomic E-state index is 6.29. The highest BCUT2D eigenvalue weighted by molar-refractivity contribution is 6.20. The molecular weight excluding hydrogens is 256 g/mol. The van der Waals surface area contributed by atoms with Gasteiger partial charge in [0.15, 0.2) is 0 Å². The van der Waals surface area contributed by atoms with Crippen molar-refractivity contribution in [2.45, 2.75) is 51.5 Å². The number of hydrogen-bond donors (Lipinski definition) is 0. The van der Waals surface area contributed by atoms with Crippen LogP contribution in [-0.4, -0.2) is 14.9 Å². The SMILES string of the molecule is CCn1c(CC2(C)CCC(Cl)C2)nc2ccccc21. The van der Waals surface area contributed by atoms with Crippen molar-refractivity contribution in [3.8, 4) is 0 Å². The van der Waals surface area contributed by atoms with Gasteiger partial charge in [0, 0.05) is 18.3 Å². The summed E-state index contributed by atoms with van der Waals surface area (Å²) in [7, 11) is 0. The lowest BCUT2D eigenvalue weighted by Gasteiger charge is -2.23. The van der Waals surface area contributed by atoms with E-state index in [0.717, 1.165) is 31.3 Å². The average molecular weight is 277 g/mol. The molecule has 3 heteroatoms. The van der Waals surface area contributed by atoms with E-state index in [1.807, 2.05) is 0 Å². The van der Waals surface area contributed by atoms with Crippen LogP contribution in [0.2, 0.25) is 0 Å². The van der Waals surface area contributed by atoms with Crippen LogP contribution in [0.4, 0.5) is 0 Å². The number of imidazole rings is 1. The van der Waals surface area contributed by atoms with Crippen molar-refractivity contribution in [3.63, 3.8) is 0 Å². The smallest absolute Gasteiger partial charge is 0.110 e. The number of halogens is 1. The molecule has 1 fully saturated rings. The van der Waals surface area contributed by atoms with Gasteiger partial charge in [0.2, 0.25) is 0 Å². The van der Waals surface area contributed by atoms with Crippen LogP contribution in [0.5, 0.6) is 0 Å². The molecule has 1 saturated carbocycles. The van der Waals surface area contributed by atoms with Crippen molar-refractivity contribution in [1.82, 2.24) is 9.55 Å². The Labute approximate surface area is 119 Å². The average Bonchev–Trinajstić information content (AvgIpc) is 2.89. The van der Waals surface area contributed by atoms with E-state index < -0.39 is 0 Å². The molecule has 1 aromatic heterocycles. The van der Waals surface area contributed by atoms with Crippen molar-refractivity contribution >= 4 is 22.6 Å². The lowest BCUT2D eigenvalue weighted by atomic mass is 9.85. The van der Waals surface area contributed by atoms with E-state index in [-0.39, 0.29) is 0 Å². The van der Waals surface area contributed by atoms with E-state index in [2.05, 4.69) is 42.7 Å². The van der Waals surface area contributed by atoms with E-state index in [1.54, 1.807) is 0 Å². The molecule has 1 aromatic carbocycles. The normalized spacial score (nSPS) is 27.2. The van der Waals surface area contributed by atoms with Crippen molar-refractivity contribution < 1.29 is 0 Å². The van der Waals surface area contributed by atoms with Gasteiger partial charge in [-0.3, -0.25) is 0 Å². The van der Waals surface area contributed by atoms with Gasteiger partial charge in [-0.25, -0.2) is 4.98 Å². The first-order valence-electron chi connectivity index (χ1n) is 7.19. The van der Waals surface area contributed by atoms with E-state index >= 15 is 0 Å². The summed E-state index contributed by atoms with van der Waals surface area (Å²) in [5.41, 5.74) is 2.69. The second kappa shape index (κ2) is 4.82. The Morgan fingerprint density at radius 1 is 1.42 bits per heavy atom. The maximum Gasteiger partial charge on any atom is 0.110 e. The Morgan fingerprint density at radius 2 is 2.21 bits per heavy atom. The fraction of sp³-hybridized carbons (Fsp3) is 0.562. The molecule has 0 spiro atoms. The molecule has 3 rings (SSSR count). The quantitative estimate of drug-likeness (QED) is 0.760. The summed E-state index contributed by atoms with van der Waals surface area (Å²) in [5, 5.41) is 0.351. The second-order valence-corrected chi connectivity index (χ2v) is 6.71. The third-order valence-electron chi connectivity index (χ3n) is 4.41. The van der Waals surface area contributed by atoms with Gasteiger partial charge < -0.3 is 4.57 Å². The van der Waals surface area contributed by atoms with Crippen LogP contribution in [-0.2, 0) is 13.0 Å². The summed E-state index contributed by atoms with van der Waals surface area (Å²) in [4.78, 5) is 4.84. The fourth-order valence-electron chi connectivity index (χ4n) is 3.40. The number of hydrogen-bond acceptors (Lipinski definition) is 1. The van der Waals surface area contributed by atoms with Gasteiger partial charge in [0.05, 0.1) is 11.0 Å². The number of aryl methyl sites for hydroxylation is 1. The van der Waals surface area contributed by atoms with E-state index in [9.17, 15) is 0 Å². The number of para-hydroxylation sites is 2. The third-order valence-corrected chi connectivity index (χ3v) is 4.78.